The Bertz CT molecular complexity index is 453. The number of urea groups is 1. The second kappa shape index (κ2) is 5.86. The van der Waals surface area contributed by atoms with Crippen LogP contribution in [0.25, 0.3) is 0 Å². The van der Waals surface area contributed by atoms with E-state index in [1.54, 1.807) is 0 Å². The molecule has 0 aromatic heterocycles. The standard InChI is InChI=1S/C17H26N2O/c1-14(2)18-13-17(3,4)19(16(18)20)12-8-11-15-9-6-5-7-10-15/h5-7,9-10,14H,8,11-13H2,1-4H3. The van der Waals surface area contributed by atoms with Crippen LogP contribution in [0.15, 0.2) is 30.3 Å². The maximum absolute atomic E-state index is 12.5. The third-order valence-electron chi connectivity index (χ3n) is 4.08. The van der Waals surface area contributed by atoms with Gasteiger partial charge in [-0.3, -0.25) is 0 Å². The van der Waals surface area contributed by atoms with E-state index in [0.29, 0.717) is 0 Å². The fourth-order valence-corrected chi connectivity index (χ4v) is 2.87. The summed E-state index contributed by atoms with van der Waals surface area (Å²) in [6.07, 6.45) is 2.05. The highest BCUT2D eigenvalue weighted by Gasteiger charge is 2.43. The van der Waals surface area contributed by atoms with E-state index in [2.05, 4.69) is 52.0 Å². The quantitative estimate of drug-likeness (QED) is 0.805. The van der Waals surface area contributed by atoms with Gasteiger partial charge in [-0.2, -0.15) is 0 Å². The summed E-state index contributed by atoms with van der Waals surface area (Å²) in [6, 6.07) is 11.0. The van der Waals surface area contributed by atoms with Gasteiger partial charge in [0.1, 0.15) is 0 Å². The smallest absolute Gasteiger partial charge is 0.320 e. The molecular formula is C17H26N2O. The van der Waals surface area contributed by atoms with Crippen LogP contribution in [0.1, 0.15) is 39.7 Å². The zero-order valence-electron chi connectivity index (χ0n) is 13.1. The van der Waals surface area contributed by atoms with Crippen LogP contribution in [0.5, 0.6) is 0 Å². The maximum Gasteiger partial charge on any atom is 0.320 e. The Hall–Kier alpha value is -1.51. The second-order valence-corrected chi connectivity index (χ2v) is 6.56. The largest absolute Gasteiger partial charge is 0.320 e. The summed E-state index contributed by atoms with van der Waals surface area (Å²) in [6.45, 7) is 10.2. The number of carbonyl (C=O) groups excluding carboxylic acids is 1. The Labute approximate surface area is 122 Å². The molecule has 2 amide bonds. The topological polar surface area (TPSA) is 23.6 Å². The summed E-state index contributed by atoms with van der Waals surface area (Å²) < 4.78 is 0. The molecule has 0 aliphatic carbocycles. The minimum atomic E-state index is -0.0575. The van der Waals surface area contributed by atoms with Crippen molar-refractivity contribution in [2.45, 2.75) is 52.1 Å². The molecule has 0 saturated carbocycles. The summed E-state index contributed by atoms with van der Waals surface area (Å²) in [5.74, 6) is 0. The minimum absolute atomic E-state index is 0.0575. The van der Waals surface area contributed by atoms with Crippen LogP contribution in [-0.4, -0.2) is 40.5 Å². The van der Waals surface area contributed by atoms with Crippen molar-refractivity contribution in [3.05, 3.63) is 35.9 Å². The second-order valence-electron chi connectivity index (χ2n) is 6.56. The Kier molecular flexibility index (Phi) is 4.36. The average molecular weight is 274 g/mol. The monoisotopic (exact) mass is 274 g/mol. The van der Waals surface area contributed by atoms with Crippen molar-refractivity contribution in [2.75, 3.05) is 13.1 Å². The predicted molar refractivity (Wildman–Crippen MR) is 82.8 cm³/mol. The minimum Gasteiger partial charge on any atom is -0.320 e. The highest BCUT2D eigenvalue weighted by atomic mass is 16.2. The predicted octanol–water partition coefficient (Wildman–Crippen LogP) is 3.54. The third-order valence-corrected chi connectivity index (χ3v) is 4.08. The van der Waals surface area contributed by atoms with Gasteiger partial charge in [-0.1, -0.05) is 30.3 Å². The van der Waals surface area contributed by atoms with Gasteiger partial charge in [0.05, 0.1) is 5.54 Å². The summed E-state index contributed by atoms with van der Waals surface area (Å²) in [4.78, 5) is 16.5. The molecule has 1 aliphatic rings. The first-order valence-corrected chi connectivity index (χ1v) is 7.54. The fraction of sp³-hybridized carbons (Fsp3) is 0.588. The van der Waals surface area contributed by atoms with Crippen LogP contribution in [0.3, 0.4) is 0 Å². The highest BCUT2D eigenvalue weighted by molar-refractivity contribution is 5.78. The highest BCUT2D eigenvalue weighted by Crippen LogP contribution is 2.27. The zero-order valence-corrected chi connectivity index (χ0v) is 13.1. The molecule has 1 fully saturated rings. The van der Waals surface area contributed by atoms with Gasteiger partial charge in [-0.05, 0) is 46.1 Å². The molecule has 0 spiro atoms. The molecule has 1 aromatic rings. The average Bonchev–Trinajstić information content (AvgIpc) is 2.63. The van der Waals surface area contributed by atoms with E-state index >= 15 is 0 Å². The van der Waals surface area contributed by atoms with Gasteiger partial charge in [-0.25, -0.2) is 4.79 Å². The van der Waals surface area contributed by atoms with Crippen molar-refractivity contribution in [2.24, 2.45) is 0 Å². The first-order chi connectivity index (χ1) is 9.42. The number of carbonyl (C=O) groups is 1. The molecule has 110 valence electrons. The molecule has 1 heterocycles. The van der Waals surface area contributed by atoms with Crippen LogP contribution in [-0.2, 0) is 6.42 Å². The Morgan fingerprint density at radius 2 is 1.85 bits per heavy atom. The lowest BCUT2D eigenvalue weighted by atomic mass is 10.0. The van der Waals surface area contributed by atoms with E-state index in [-0.39, 0.29) is 17.6 Å². The first-order valence-electron chi connectivity index (χ1n) is 7.54. The number of aryl methyl sites for hydroxylation is 1. The number of amides is 2. The molecule has 0 unspecified atom stereocenters. The van der Waals surface area contributed by atoms with Crippen LogP contribution in [0.2, 0.25) is 0 Å². The lowest BCUT2D eigenvalue weighted by Crippen LogP contribution is -2.42. The molecule has 0 atom stereocenters. The molecule has 0 bridgehead atoms. The summed E-state index contributed by atoms with van der Waals surface area (Å²) >= 11 is 0. The SMILES string of the molecule is CC(C)N1CC(C)(C)N(CCCc2ccccc2)C1=O. The van der Waals surface area contributed by atoms with Crippen molar-refractivity contribution in [3.63, 3.8) is 0 Å². The molecule has 1 saturated heterocycles. The molecule has 0 N–H and O–H groups in total. The molecule has 20 heavy (non-hydrogen) atoms. The number of nitrogens with zero attached hydrogens (tertiary/aromatic N) is 2. The van der Waals surface area contributed by atoms with Crippen molar-refractivity contribution in [3.8, 4) is 0 Å². The van der Waals surface area contributed by atoms with Crippen molar-refractivity contribution in [1.82, 2.24) is 9.80 Å². The Morgan fingerprint density at radius 1 is 1.20 bits per heavy atom. The number of rotatable bonds is 5. The molecule has 1 aliphatic heterocycles. The summed E-state index contributed by atoms with van der Waals surface area (Å²) in [5.41, 5.74) is 1.29. The molecule has 1 aromatic carbocycles. The van der Waals surface area contributed by atoms with E-state index in [1.807, 2.05) is 15.9 Å². The van der Waals surface area contributed by atoms with Crippen LogP contribution in [0.4, 0.5) is 4.79 Å². The number of hydrogen-bond donors (Lipinski definition) is 0. The lowest BCUT2D eigenvalue weighted by Gasteiger charge is -2.29. The van der Waals surface area contributed by atoms with Gasteiger partial charge in [0.25, 0.3) is 0 Å². The summed E-state index contributed by atoms with van der Waals surface area (Å²) in [7, 11) is 0. The van der Waals surface area contributed by atoms with Gasteiger partial charge in [0, 0.05) is 19.1 Å². The molecular weight excluding hydrogens is 248 g/mol. The molecule has 2 rings (SSSR count). The van der Waals surface area contributed by atoms with Crippen molar-refractivity contribution < 1.29 is 4.79 Å². The van der Waals surface area contributed by atoms with Gasteiger partial charge in [-0.15, -0.1) is 0 Å². The van der Waals surface area contributed by atoms with Crippen LogP contribution in [0, 0.1) is 0 Å². The zero-order chi connectivity index (χ0) is 14.8. The molecule has 3 heteroatoms. The Balaban J connectivity index is 1.93. The van der Waals surface area contributed by atoms with Crippen molar-refractivity contribution >= 4 is 6.03 Å². The Morgan fingerprint density at radius 3 is 2.40 bits per heavy atom. The van der Waals surface area contributed by atoms with Crippen LogP contribution >= 0.6 is 0 Å². The van der Waals surface area contributed by atoms with Gasteiger partial charge >= 0.3 is 6.03 Å². The first kappa shape index (κ1) is 14.9. The van der Waals surface area contributed by atoms with Gasteiger partial charge < -0.3 is 9.80 Å². The normalized spacial score (nSPS) is 18.1. The lowest BCUT2D eigenvalue weighted by molar-refractivity contribution is 0.167. The van der Waals surface area contributed by atoms with Crippen LogP contribution < -0.4 is 0 Å². The van der Waals surface area contributed by atoms with E-state index in [4.69, 9.17) is 0 Å². The van der Waals surface area contributed by atoms with E-state index in [1.165, 1.54) is 5.56 Å². The van der Waals surface area contributed by atoms with Gasteiger partial charge in [0.2, 0.25) is 0 Å². The number of hydrogen-bond acceptors (Lipinski definition) is 1. The number of benzene rings is 1. The molecule has 0 radical (unpaired) electrons. The fourth-order valence-electron chi connectivity index (χ4n) is 2.87. The molecule has 3 nitrogen and oxygen atoms in total. The van der Waals surface area contributed by atoms with E-state index in [9.17, 15) is 4.79 Å². The van der Waals surface area contributed by atoms with Crippen molar-refractivity contribution in [1.29, 1.82) is 0 Å². The third kappa shape index (κ3) is 3.14. The van der Waals surface area contributed by atoms with Gasteiger partial charge in [0.15, 0.2) is 0 Å². The van der Waals surface area contributed by atoms with E-state index in [0.717, 1.165) is 25.9 Å². The van der Waals surface area contributed by atoms with E-state index < -0.39 is 0 Å². The summed E-state index contributed by atoms with van der Waals surface area (Å²) in [5, 5.41) is 0. The maximum atomic E-state index is 12.5.